The maximum atomic E-state index is 11.7. The Morgan fingerprint density at radius 3 is 2.75 bits per heavy atom. The van der Waals surface area contributed by atoms with Gasteiger partial charge in [-0.05, 0) is 19.3 Å². The number of thiazole rings is 1. The first-order valence-corrected chi connectivity index (χ1v) is 7.94. The molecule has 0 saturated heterocycles. The van der Waals surface area contributed by atoms with Crippen LogP contribution in [0.2, 0.25) is 0 Å². The Balaban J connectivity index is 2.33. The van der Waals surface area contributed by atoms with E-state index in [-0.39, 0.29) is 18.5 Å². The number of aryl methyl sites for hydroxylation is 1. The lowest BCUT2D eigenvalue weighted by molar-refractivity contribution is 0.00790. The van der Waals surface area contributed by atoms with Gasteiger partial charge in [-0.1, -0.05) is 27.2 Å². The fourth-order valence-electron chi connectivity index (χ4n) is 1.70. The molecule has 114 valence electrons. The summed E-state index contributed by atoms with van der Waals surface area (Å²) >= 11 is 1.60. The number of nitrogens with one attached hydrogen (secondary N) is 2. The van der Waals surface area contributed by atoms with Crippen LogP contribution in [0.15, 0.2) is 5.38 Å². The van der Waals surface area contributed by atoms with Gasteiger partial charge in [-0.2, -0.15) is 0 Å². The monoisotopic (exact) mass is 299 g/mol. The molecule has 0 aromatic carbocycles. The van der Waals surface area contributed by atoms with Gasteiger partial charge in [0.05, 0.1) is 22.8 Å². The van der Waals surface area contributed by atoms with E-state index >= 15 is 0 Å². The predicted octanol–water partition coefficient (Wildman–Crippen LogP) is 2.30. The Morgan fingerprint density at radius 2 is 2.20 bits per heavy atom. The van der Waals surface area contributed by atoms with Crippen LogP contribution in [0.5, 0.6) is 0 Å². The summed E-state index contributed by atoms with van der Waals surface area (Å²) in [5.74, 6) is 0.133. The van der Waals surface area contributed by atoms with Crippen molar-refractivity contribution in [2.45, 2.75) is 52.7 Å². The van der Waals surface area contributed by atoms with Crippen molar-refractivity contribution in [3.63, 3.8) is 0 Å². The van der Waals surface area contributed by atoms with Gasteiger partial charge in [-0.3, -0.25) is 0 Å². The fourth-order valence-corrected chi connectivity index (χ4v) is 2.44. The summed E-state index contributed by atoms with van der Waals surface area (Å²) in [7, 11) is 0. The number of urea groups is 1. The van der Waals surface area contributed by atoms with Gasteiger partial charge in [0.1, 0.15) is 0 Å². The van der Waals surface area contributed by atoms with E-state index in [1.54, 1.807) is 18.3 Å². The number of hydrogen-bond acceptors (Lipinski definition) is 4. The summed E-state index contributed by atoms with van der Waals surface area (Å²) in [6.07, 6.45) is 1.78. The number of aliphatic hydroxyl groups is 1. The number of carbonyl (C=O) groups excluding carboxylic acids is 1. The van der Waals surface area contributed by atoms with Crippen molar-refractivity contribution in [1.29, 1.82) is 0 Å². The summed E-state index contributed by atoms with van der Waals surface area (Å²) < 4.78 is 0. The minimum Gasteiger partial charge on any atom is -0.388 e. The molecular formula is C14H25N3O2S. The number of amides is 2. The summed E-state index contributed by atoms with van der Waals surface area (Å²) in [5.41, 5.74) is -0.0158. The second kappa shape index (κ2) is 7.59. The van der Waals surface area contributed by atoms with Gasteiger partial charge in [0.15, 0.2) is 0 Å². The van der Waals surface area contributed by atoms with E-state index in [2.05, 4.69) is 22.5 Å². The highest BCUT2D eigenvalue weighted by Gasteiger charge is 2.27. The maximum absolute atomic E-state index is 11.7. The Hall–Kier alpha value is -1.14. The molecule has 0 radical (unpaired) electrons. The fraction of sp³-hybridized carbons (Fsp3) is 0.714. The van der Waals surface area contributed by atoms with E-state index in [1.807, 2.05) is 19.2 Å². The Kier molecular flexibility index (Phi) is 6.42. The number of hydrogen-bond donors (Lipinski definition) is 3. The third kappa shape index (κ3) is 5.09. The van der Waals surface area contributed by atoms with Crippen LogP contribution in [0.4, 0.5) is 4.79 Å². The maximum Gasteiger partial charge on any atom is 0.315 e. The zero-order valence-electron chi connectivity index (χ0n) is 12.7. The van der Waals surface area contributed by atoms with Crippen molar-refractivity contribution in [3.05, 3.63) is 16.1 Å². The number of carbonyl (C=O) groups is 1. The van der Waals surface area contributed by atoms with Crippen molar-refractivity contribution >= 4 is 17.4 Å². The number of aromatic nitrogens is 1. The first-order valence-electron chi connectivity index (χ1n) is 7.06. The van der Waals surface area contributed by atoms with E-state index in [0.29, 0.717) is 6.54 Å². The minimum absolute atomic E-state index is 0.133. The first kappa shape index (κ1) is 16.9. The van der Waals surface area contributed by atoms with Crippen LogP contribution in [0.25, 0.3) is 0 Å². The average Bonchev–Trinajstić information content (AvgIpc) is 2.90. The third-order valence-electron chi connectivity index (χ3n) is 3.61. The van der Waals surface area contributed by atoms with Gasteiger partial charge in [-0.15, -0.1) is 11.3 Å². The molecule has 1 heterocycles. The molecule has 0 fully saturated rings. The highest BCUT2D eigenvalue weighted by Crippen LogP contribution is 2.18. The standard InChI is InChI=1S/C14H25N3O2S/c1-5-10(3)14(4,19)9-16-13(18)15-7-11-8-20-12(6-2)17-11/h8,10,19H,5-7,9H2,1-4H3,(H2,15,16,18). The molecule has 3 N–H and O–H groups in total. The molecule has 5 nitrogen and oxygen atoms in total. The highest BCUT2D eigenvalue weighted by molar-refractivity contribution is 7.09. The molecule has 2 amide bonds. The van der Waals surface area contributed by atoms with Crippen LogP contribution < -0.4 is 10.6 Å². The van der Waals surface area contributed by atoms with Crippen molar-refractivity contribution in [2.24, 2.45) is 5.92 Å². The second-order valence-electron chi connectivity index (χ2n) is 5.29. The lowest BCUT2D eigenvalue weighted by Gasteiger charge is -2.29. The van der Waals surface area contributed by atoms with Crippen molar-refractivity contribution < 1.29 is 9.90 Å². The molecule has 0 aliphatic carbocycles. The molecule has 1 aromatic heterocycles. The zero-order valence-corrected chi connectivity index (χ0v) is 13.5. The van der Waals surface area contributed by atoms with E-state index in [0.717, 1.165) is 23.5 Å². The van der Waals surface area contributed by atoms with E-state index < -0.39 is 5.60 Å². The van der Waals surface area contributed by atoms with Crippen molar-refractivity contribution in [1.82, 2.24) is 15.6 Å². The molecule has 20 heavy (non-hydrogen) atoms. The van der Waals surface area contributed by atoms with Gasteiger partial charge in [0.25, 0.3) is 0 Å². The largest absolute Gasteiger partial charge is 0.388 e. The number of nitrogens with zero attached hydrogens (tertiary/aromatic N) is 1. The van der Waals surface area contributed by atoms with Crippen LogP contribution in [-0.4, -0.2) is 28.3 Å². The molecular weight excluding hydrogens is 274 g/mol. The summed E-state index contributed by atoms with van der Waals surface area (Å²) in [4.78, 5) is 16.1. The van der Waals surface area contributed by atoms with Gasteiger partial charge in [0, 0.05) is 11.9 Å². The van der Waals surface area contributed by atoms with Gasteiger partial charge in [-0.25, -0.2) is 9.78 Å². The molecule has 0 aliphatic heterocycles. The van der Waals surface area contributed by atoms with Crippen LogP contribution in [-0.2, 0) is 13.0 Å². The Labute approximate surface area is 124 Å². The lowest BCUT2D eigenvalue weighted by Crippen LogP contribution is -2.47. The Morgan fingerprint density at radius 1 is 1.50 bits per heavy atom. The van der Waals surface area contributed by atoms with Crippen LogP contribution in [0.1, 0.15) is 44.8 Å². The molecule has 1 aromatic rings. The summed E-state index contributed by atoms with van der Waals surface area (Å²) in [6, 6.07) is -0.278. The van der Waals surface area contributed by atoms with Crippen LogP contribution in [0, 0.1) is 5.92 Å². The highest BCUT2D eigenvalue weighted by atomic mass is 32.1. The summed E-state index contributed by atoms with van der Waals surface area (Å²) in [5, 5.41) is 18.7. The number of rotatable bonds is 7. The molecule has 2 unspecified atom stereocenters. The predicted molar refractivity (Wildman–Crippen MR) is 81.8 cm³/mol. The van der Waals surface area contributed by atoms with E-state index in [1.165, 1.54) is 0 Å². The van der Waals surface area contributed by atoms with E-state index in [9.17, 15) is 9.90 Å². The molecule has 0 bridgehead atoms. The zero-order chi connectivity index (χ0) is 15.2. The smallest absolute Gasteiger partial charge is 0.315 e. The molecule has 6 heteroatoms. The molecule has 0 saturated carbocycles. The van der Waals surface area contributed by atoms with Gasteiger partial charge >= 0.3 is 6.03 Å². The molecule has 0 aliphatic rings. The van der Waals surface area contributed by atoms with Crippen molar-refractivity contribution in [2.75, 3.05) is 6.54 Å². The van der Waals surface area contributed by atoms with Crippen LogP contribution >= 0.6 is 11.3 Å². The van der Waals surface area contributed by atoms with Gasteiger partial charge in [0.2, 0.25) is 0 Å². The van der Waals surface area contributed by atoms with Gasteiger partial charge < -0.3 is 15.7 Å². The molecule has 1 rings (SSSR count). The second-order valence-corrected chi connectivity index (χ2v) is 6.23. The summed E-state index contributed by atoms with van der Waals surface area (Å²) in [6.45, 7) is 8.45. The van der Waals surface area contributed by atoms with E-state index in [4.69, 9.17) is 0 Å². The molecule has 0 spiro atoms. The Bertz CT molecular complexity index is 432. The topological polar surface area (TPSA) is 74.2 Å². The lowest BCUT2D eigenvalue weighted by atomic mass is 9.89. The third-order valence-corrected chi connectivity index (χ3v) is 4.65. The SMILES string of the molecule is CCc1nc(CNC(=O)NCC(C)(O)C(C)CC)cs1. The quantitative estimate of drug-likeness (QED) is 0.723. The van der Waals surface area contributed by atoms with Crippen molar-refractivity contribution in [3.8, 4) is 0 Å². The normalized spacial score (nSPS) is 15.4. The average molecular weight is 299 g/mol. The minimum atomic E-state index is -0.887. The molecule has 2 atom stereocenters. The van der Waals surface area contributed by atoms with Crippen LogP contribution in [0.3, 0.4) is 0 Å². The first-order chi connectivity index (χ1) is 9.39.